The van der Waals surface area contributed by atoms with E-state index >= 15 is 0 Å². The van der Waals surface area contributed by atoms with Crippen LogP contribution in [0.5, 0.6) is 5.75 Å². The van der Waals surface area contributed by atoms with Crippen LogP contribution in [0.1, 0.15) is 16.8 Å². The number of hydrogen-bond acceptors (Lipinski definition) is 6. The van der Waals surface area contributed by atoms with Crippen molar-refractivity contribution < 1.29 is 9.13 Å². The lowest BCUT2D eigenvalue weighted by atomic mass is 10.1. The van der Waals surface area contributed by atoms with Crippen molar-refractivity contribution in [2.45, 2.75) is 19.4 Å². The van der Waals surface area contributed by atoms with E-state index in [-0.39, 0.29) is 0 Å². The maximum absolute atomic E-state index is 13.7. The number of pyridine rings is 1. The number of halogens is 1. The highest BCUT2D eigenvalue weighted by Gasteiger charge is 2.18. The molecule has 0 radical (unpaired) electrons. The molecule has 0 unspecified atom stereocenters. The van der Waals surface area contributed by atoms with Gasteiger partial charge in [-0.05, 0) is 30.2 Å². The molecule has 3 aromatic heterocycles. The molecule has 1 aromatic carbocycles. The number of anilines is 1. The van der Waals surface area contributed by atoms with E-state index in [0.29, 0.717) is 24.5 Å². The summed E-state index contributed by atoms with van der Waals surface area (Å²) >= 11 is 0. The number of nitrogens with zero attached hydrogens (tertiary/aromatic N) is 3. The summed E-state index contributed by atoms with van der Waals surface area (Å²) in [4.78, 5) is 16.6. The third-order valence-electron chi connectivity index (χ3n) is 5.56. The van der Waals surface area contributed by atoms with Crippen molar-refractivity contribution in [3.63, 3.8) is 0 Å². The lowest BCUT2D eigenvalue weighted by Gasteiger charge is -2.20. The van der Waals surface area contributed by atoms with Gasteiger partial charge in [0.05, 0.1) is 19.0 Å². The summed E-state index contributed by atoms with van der Waals surface area (Å²) in [7, 11) is 1.67. The number of ether oxygens (including phenoxy) is 1. The zero-order chi connectivity index (χ0) is 21.2. The van der Waals surface area contributed by atoms with Gasteiger partial charge >= 0.3 is 0 Å². The van der Waals surface area contributed by atoms with Gasteiger partial charge in [0.25, 0.3) is 0 Å². The molecule has 1 aliphatic rings. The van der Waals surface area contributed by atoms with Gasteiger partial charge in [0.1, 0.15) is 17.4 Å². The van der Waals surface area contributed by atoms with Crippen LogP contribution in [-0.4, -0.2) is 40.1 Å². The average Bonchev–Trinajstić information content (AvgIpc) is 3.21. The lowest BCUT2D eigenvalue weighted by molar-refractivity contribution is 0.415. The van der Waals surface area contributed by atoms with Crippen LogP contribution in [0.15, 0.2) is 42.9 Å². The summed E-state index contributed by atoms with van der Waals surface area (Å²) in [6.07, 6.45) is 6.45. The first-order chi connectivity index (χ1) is 15.2. The van der Waals surface area contributed by atoms with Crippen molar-refractivity contribution in [2.24, 2.45) is 0 Å². The molecule has 0 bridgehead atoms. The normalized spacial score (nSPS) is 13.2. The van der Waals surface area contributed by atoms with Gasteiger partial charge in [-0.15, -0.1) is 0 Å². The quantitative estimate of drug-likeness (QED) is 0.444. The van der Waals surface area contributed by atoms with Crippen molar-refractivity contribution in [2.75, 3.05) is 25.5 Å². The Morgan fingerprint density at radius 2 is 2.13 bits per heavy atom. The summed E-state index contributed by atoms with van der Waals surface area (Å²) in [5, 5.41) is 8.04. The molecule has 0 fully saturated rings. The standard InChI is InChI=1S/C23H23FN6O/c1-31-17-2-3-18-14(11-28-21(18)9-17)4-7-27-23-19-13-25-6-5-20(19)29-22(30-23)15-8-16(24)12-26-10-15/h2-3,8-12,25,28H,4-7,13H2,1H3,(H,27,29,30). The van der Waals surface area contributed by atoms with Gasteiger partial charge in [0.15, 0.2) is 5.82 Å². The monoisotopic (exact) mass is 418 g/mol. The number of nitrogens with one attached hydrogen (secondary N) is 3. The number of methoxy groups -OCH3 is 1. The zero-order valence-electron chi connectivity index (χ0n) is 17.2. The fraction of sp³-hybridized carbons (Fsp3) is 0.261. The second-order valence-electron chi connectivity index (χ2n) is 7.54. The van der Waals surface area contributed by atoms with Gasteiger partial charge in [-0.2, -0.15) is 0 Å². The van der Waals surface area contributed by atoms with Crippen LogP contribution in [0.3, 0.4) is 0 Å². The molecular formula is C23H23FN6O. The smallest absolute Gasteiger partial charge is 0.163 e. The average molecular weight is 418 g/mol. The largest absolute Gasteiger partial charge is 0.497 e. The van der Waals surface area contributed by atoms with Crippen LogP contribution in [0, 0.1) is 5.82 Å². The lowest BCUT2D eigenvalue weighted by Crippen LogP contribution is -2.27. The van der Waals surface area contributed by atoms with Gasteiger partial charge in [0, 0.05) is 66.5 Å². The molecule has 0 amide bonds. The van der Waals surface area contributed by atoms with Crippen LogP contribution in [0.2, 0.25) is 0 Å². The Morgan fingerprint density at radius 1 is 1.19 bits per heavy atom. The van der Waals surface area contributed by atoms with Gasteiger partial charge < -0.3 is 20.4 Å². The number of hydrogen-bond donors (Lipinski definition) is 3. The molecule has 3 N–H and O–H groups in total. The molecule has 1 aliphatic heterocycles. The first-order valence-corrected chi connectivity index (χ1v) is 10.3. The molecule has 158 valence electrons. The summed E-state index contributed by atoms with van der Waals surface area (Å²) in [6.45, 7) is 2.29. The zero-order valence-corrected chi connectivity index (χ0v) is 17.2. The van der Waals surface area contributed by atoms with Crippen molar-refractivity contribution in [1.29, 1.82) is 0 Å². The van der Waals surface area contributed by atoms with E-state index in [1.54, 1.807) is 13.3 Å². The summed E-state index contributed by atoms with van der Waals surface area (Å²) < 4.78 is 19.0. The Kier molecular flexibility index (Phi) is 5.21. The predicted octanol–water partition coefficient (Wildman–Crippen LogP) is 3.47. The molecule has 0 spiro atoms. The first kappa shape index (κ1) is 19.4. The molecule has 0 saturated heterocycles. The number of aromatic amines is 1. The van der Waals surface area contributed by atoms with E-state index in [9.17, 15) is 4.39 Å². The van der Waals surface area contributed by atoms with Gasteiger partial charge in [-0.1, -0.05) is 0 Å². The number of fused-ring (bicyclic) bond motifs is 2. The molecule has 31 heavy (non-hydrogen) atoms. The minimum absolute atomic E-state index is 0.397. The Bertz CT molecular complexity index is 1240. The van der Waals surface area contributed by atoms with Crippen molar-refractivity contribution >= 4 is 16.7 Å². The van der Waals surface area contributed by atoms with Crippen molar-refractivity contribution in [3.05, 3.63) is 65.5 Å². The number of benzene rings is 1. The van der Waals surface area contributed by atoms with E-state index in [1.807, 2.05) is 18.3 Å². The highest BCUT2D eigenvalue weighted by molar-refractivity contribution is 5.84. The molecular weight excluding hydrogens is 395 g/mol. The highest BCUT2D eigenvalue weighted by atomic mass is 19.1. The van der Waals surface area contributed by atoms with Gasteiger partial charge in [0.2, 0.25) is 0 Å². The molecule has 4 heterocycles. The molecule has 4 aromatic rings. The first-order valence-electron chi connectivity index (χ1n) is 10.3. The van der Waals surface area contributed by atoms with Crippen LogP contribution in [-0.2, 0) is 19.4 Å². The van der Waals surface area contributed by atoms with Crippen molar-refractivity contribution in [1.82, 2.24) is 25.3 Å². The fourth-order valence-electron chi connectivity index (χ4n) is 3.97. The second kappa shape index (κ2) is 8.31. The van der Waals surface area contributed by atoms with Crippen LogP contribution in [0.4, 0.5) is 10.2 Å². The molecule has 8 heteroatoms. The number of H-pyrrole nitrogens is 1. The summed E-state index contributed by atoms with van der Waals surface area (Å²) in [6, 6.07) is 7.46. The topological polar surface area (TPSA) is 87.8 Å². The molecule has 7 nitrogen and oxygen atoms in total. The summed E-state index contributed by atoms with van der Waals surface area (Å²) in [5.41, 5.74) is 4.92. The van der Waals surface area contributed by atoms with Crippen LogP contribution in [0.25, 0.3) is 22.3 Å². The number of aromatic nitrogens is 4. The van der Waals surface area contributed by atoms with E-state index in [4.69, 9.17) is 9.72 Å². The molecule has 0 saturated carbocycles. The SMILES string of the molecule is COc1ccc2c(CCNc3nc(-c4cncc(F)c4)nc4c3CNCC4)c[nH]c2c1. The summed E-state index contributed by atoms with van der Waals surface area (Å²) in [5.74, 6) is 1.72. The van der Waals surface area contributed by atoms with E-state index in [0.717, 1.165) is 47.7 Å². The fourth-order valence-corrected chi connectivity index (χ4v) is 3.97. The van der Waals surface area contributed by atoms with Gasteiger partial charge in [-0.25, -0.2) is 14.4 Å². The highest BCUT2D eigenvalue weighted by Crippen LogP contribution is 2.26. The van der Waals surface area contributed by atoms with E-state index in [2.05, 4.69) is 31.7 Å². The maximum atomic E-state index is 13.7. The third kappa shape index (κ3) is 3.94. The Labute approximate surface area is 179 Å². The van der Waals surface area contributed by atoms with Gasteiger partial charge in [-0.3, -0.25) is 4.98 Å². The van der Waals surface area contributed by atoms with E-state index in [1.165, 1.54) is 23.2 Å². The van der Waals surface area contributed by atoms with Crippen LogP contribution >= 0.6 is 0 Å². The minimum Gasteiger partial charge on any atom is -0.497 e. The minimum atomic E-state index is -0.397. The number of rotatable bonds is 6. The second-order valence-corrected chi connectivity index (χ2v) is 7.54. The molecule has 0 aliphatic carbocycles. The predicted molar refractivity (Wildman–Crippen MR) is 118 cm³/mol. The maximum Gasteiger partial charge on any atom is 0.163 e. The third-order valence-corrected chi connectivity index (χ3v) is 5.56. The molecule has 0 atom stereocenters. The Hall–Kier alpha value is -3.52. The van der Waals surface area contributed by atoms with Crippen LogP contribution < -0.4 is 15.4 Å². The van der Waals surface area contributed by atoms with Crippen molar-refractivity contribution in [3.8, 4) is 17.1 Å². The Morgan fingerprint density at radius 3 is 3.00 bits per heavy atom. The Balaban J connectivity index is 1.39. The van der Waals surface area contributed by atoms with E-state index < -0.39 is 5.82 Å². The molecule has 5 rings (SSSR count).